The largest absolute Gasteiger partial charge is 0.342 e. The molecule has 1 aromatic heterocycles. The van der Waals surface area contributed by atoms with Gasteiger partial charge in [-0.25, -0.2) is 18.2 Å². The van der Waals surface area contributed by atoms with Crippen LogP contribution < -0.4 is 5.32 Å². The minimum absolute atomic E-state index is 0.0958. The second-order valence-electron chi connectivity index (χ2n) is 6.34. The van der Waals surface area contributed by atoms with Crippen molar-refractivity contribution in [3.8, 4) is 6.07 Å². The Morgan fingerprint density at radius 2 is 2.07 bits per heavy atom. The molecule has 1 saturated heterocycles. The summed E-state index contributed by atoms with van der Waals surface area (Å²) in [5, 5.41) is 13.4. The maximum Gasteiger partial charge on any atom is 0.271 e. The van der Waals surface area contributed by atoms with Crippen molar-refractivity contribution in [3.63, 3.8) is 0 Å². The van der Waals surface area contributed by atoms with Crippen LogP contribution in [0, 0.1) is 17.1 Å². The predicted octanol–water partition coefficient (Wildman–Crippen LogP) is 2.36. The number of hydrogen-bond acceptors (Lipinski definition) is 5. The zero-order valence-corrected chi connectivity index (χ0v) is 15.3. The molecule has 2 heterocycles. The van der Waals surface area contributed by atoms with E-state index in [1.165, 1.54) is 28.8 Å². The first-order chi connectivity index (χ1) is 13.3. The van der Waals surface area contributed by atoms with Crippen molar-refractivity contribution in [1.29, 1.82) is 5.26 Å². The third kappa shape index (κ3) is 4.67. The lowest BCUT2D eigenvalue weighted by atomic mass is 10.1. The molecule has 6 nitrogen and oxygen atoms in total. The minimum atomic E-state index is -3.11. The highest BCUT2D eigenvalue weighted by Gasteiger charge is 2.47. The summed E-state index contributed by atoms with van der Waals surface area (Å²) in [6.45, 7) is -1.34. The summed E-state index contributed by atoms with van der Waals surface area (Å²) >= 11 is 1.24. The predicted molar refractivity (Wildman–Crippen MR) is 94.3 cm³/mol. The monoisotopic (exact) mass is 408 g/mol. The van der Waals surface area contributed by atoms with E-state index in [0.717, 1.165) is 10.5 Å². The summed E-state index contributed by atoms with van der Waals surface area (Å²) in [5.41, 5.74) is 0.925. The molecular weight excluding hydrogens is 393 g/mol. The number of thiazole rings is 1. The summed E-state index contributed by atoms with van der Waals surface area (Å²) in [4.78, 5) is 29.2. The van der Waals surface area contributed by atoms with Gasteiger partial charge in [-0.2, -0.15) is 5.26 Å². The van der Waals surface area contributed by atoms with Crippen molar-refractivity contribution >= 4 is 23.2 Å². The van der Waals surface area contributed by atoms with Crippen molar-refractivity contribution in [1.82, 2.24) is 15.2 Å². The van der Waals surface area contributed by atoms with E-state index in [0.29, 0.717) is 11.4 Å². The van der Waals surface area contributed by atoms with Crippen molar-refractivity contribution < 1.29 is 22.8 Å². The number of nitriles is 1. The first-order valence-corrected chi connectivity index (χ1v) is 9.19. The molecular formula is C18H15F3N4O2S. The first kappa shape index (κ1) is 19.8. The molecule has 1 fully saturated rings. The smallest absolute Gasteiger partial charge is 0.271 e. The average molecular weight is 408 g/mol. The Morgan fingerprint density at radius 3 is 2.75 bits per heavy atom. The van der Waals surface area contributed by atoms with E-state index >= 15 is 0 Å². The summed E-state index contributed by atoms with van der Waals surface area (Å²) in [6.07, 6.45) is -0.286. The van der Waals surface area contributed by atoms with Gasteiger partial charge in [0.25, 0.3) is 11.8 Å². The molecule has 1 aromatic carbocycles. The second-order valence-corrected chi connectivity index (χ2v) is 7.28. The molecule has 146 valence electrons. The number of carbonyl (C=O) groups excluding carboxylic acids is 2. The Labute approximate surface area is 162 Å². The fourth-order valence-corrected chi connectivity index (χ4v) is 3.62. The fraction of sp³-hybridized carbons (Fsp3) is 0.333. The van der Waals surface area contributed by atoms with Gasteiger partial charge >= 0.3 is 0 Å². The molecule has 0 saturated carbocycles. The number of hydrogen-bond donors (Lipinski definition) is 1. The molecule has 28 heavy (non-hydrogen) atoms. The van der Waals surface area contributed by atoms with Crippen LogP contribution in [0.3, 0.4) is 0 Å². The van der Waals surface area contributed by atoms with Crippen LogP contribution in [0.15, 0.2) is 29.6 Å². The Hall–Kier alpha value is -2.93. The maximum atomic E-state index is 13.4. The van der Waals surface area contributed by atoms with Crippen LogP contribution in [0.2, 0.25) is 0 Å². The number of rotatable bonds is 5. The highest BCUT2D eigenvalue weighted by atomic mass is 32.1. The molecule has 0 unspecified atom stereocenters. The highest BCUT2D eigenvalue weighted by Crippen LogP contribution is 2.31. The molecule has 0 spiro atoms. The van der Waals surface area contributed by atoms with E-state index in [9.17, 15) is 22.8 Å². The number of nitrogens with one attached hydrogen (secondary N) is 1. The summed E-state index contributed by atoms with van der Waals surface area (Å²) in [6, 6.07) is 6.37. The zero-order chi connectivity index (χ0) is 20.3. The van der Waals surface area contributed by atoms with Gasteiger partial charge in [0.15, 0.2) is 0 Å². The summed E-state index contributed by atoms with van der Waals surface area (Å²) in [5.74, 6) is -4.82. The van der Waals surface area contributed by atoms with Crippen LogP contribution in [0.4, 0.5) is 13.2 Å². The van der Waals surface area contributed by atoms with Gasteiger partial charge in [-0.3, -0.25) is 9.59 Å². The van der Waals surface area contributed by atoms with Crippen LogP contribution in [0.5, 0.6) is 0 Å². The van der Waals surface area contributed by atoms with Gasteiger partial charge < -0.3 is 10.2 Å². The van der Waals surface area contributed by atoms with E-state index in [2.05, 4.69) is 10.3 Å². The zero-order valence-electron chi connectivity index (χ0n) is 14.5. The van der Waals surface area contributed by atoms with Crippen LogP contribution in [0.25, 0.3) is 0 Å². The van der Waals surface area contributed by atoms with E-state index in [1.807, 2.05) is 0 Å². The topological polar surface area (TPSA) is 86.1 Å². The molecule has 0 bridgehead atoms. The Morgan fingerprint density at radius 1 is 1.36 bits per heavy atom. The number of aromatic nitrogens is 1. The number of halogens is 3. The van der Waals surface area contributed by atoms with Crippen LogP contribution >= 0.6 is 11.3 Å². The van der Waals surface area contributed by atoms with Gasteiger partial charge in [-0.1, -0.05) is 12.1 Å². The maximum absolute atomic E-state index is 13.4. The minimum Gasteiger partial charge on any atom is -0.342 e. The quantitative estimate of drug-likeness (QED) is 0.823. The van der Waals surface area contributed by atoms with Crippen molar-refractivity contribution in [2.75, 3.05) is 13.1 Å². The molecule has 2 amide bonds. The van der Waals surface area contributed by atoms with Gasteiger partial charge in [0.2, 0.25) is 5.91 Å². The average Bonchev–Trinajstić information content (AvgIpc) is 3.25. The van der Waals surface area contributed by atoms with E-state index in [-0.39, 0.29) is 11.5 Å². The van der Waals surface area contributed by atoms with Gasteiger partial charge in [-0.15, -0.1) is 11.3 Å². The number of alkyl halides is 2. The number of nitrogens with zero attached hydrogens (tertiary/aromatic N) is 3. The van der Waals surface area contributed by atoms with Crippen molar-refractivity contribution in [3.05, 3.63) is 51.7 Å². The van der Waals surface area contributed by atoms with Crippen LogP contribution in [-0.4, -0.2) is 46.8 Å². The molecule has 0 aliphatic carbocycles. The van der Waals surface area contributed by atoms with Gasteiger partial charge in [0, 0.05) is 18.2 Å². The molecule has 1 atom stereocenters. The number of likely N-dealkylation sites (tertiary alicyclic amines) is 1. The molecule has 0 radical (unpaired) electrons. The highest BCUT2D eigenvalue weighted by molar-refractivity contribution is 7.09. The fourth-order valence-electron chi connectivity index (χ4n) is 2.82. The molecule has 1 aliphatic rings. The normalized spacial score (nSPS) is 17.9. The van der Waals surface area contributed by atoms with Gasteiger partial charge in [-0.05, 0) is 17.7 Å². The standard InChI is InChI=1S/C18H15F3N4O2S/c19-12-3-1-11(2-4-12)5-15-24-14(9-28-15)17(27)23-8-16(26)25-10-18(20,21)6-13(25)7-22/h1-4,9,13H,5-6,8,10H2,(H,23,27)/t13-/m0/s1. The van der Waals surface area contributed by atoms with E-state index in [1.54, 1.807) is 18.2 Å². The van der Waals surface area contributed by atoms with Crippen molar-refractivity contribution in [2.24, 2.45) is 0 Å². The Kier molecular flexibility index (Phi) is 5.65. The number of amides is 2. The molecule has 2 aromatic rings. The van der Waals surface area contributed by atoms with Crippen molar-refractivity contribution in [2.45, 2.75) is 24.8 Å². The number of carbonyl (C=O) groups is 2. The lowest BCUT2D eigenvalue weighted by Crippen LogP contribution is -2.43. The lowest BCUT2D eigenvalue weighted by Gasteiger charge is -2.19. The first-order valence-electron chi connectivity index (χ1n) is 8.31. The van der Waals surface area contributed by atoms with Gasteiger partial charge in [0.1, 0.15) is 17.6 Å². The molecule has 1 N–H and O–H groups in total. The third-order valence-corrected chi connectivity index (χ3v) is 5.04. The van der Waals surface area contributed by atoms with Gasteiger partial charge in [0.05, 0.1) is 24.2 Å². The second kappa shape index (κ2) is 7.98. The van der Waals surface area contributed by atoms with E-state index < -0.39 is 43.3 Å². The molecule has 1 aliphatic heterocycles. The summed E-state index contributed by atoms with van der Waals surface area (Å²) < 4.78 is 39.7. The van der Waals surface area contributed by atoms with Crippen LogP contribution in [0.1, 0.15) is 27.5 Å². The lowest BCUT2D eigenvalue weighted by molar-refractivity contribution is -0.131. The van der Waals surface area contributed by atoms with Crippen LogP contribution in [-0.2, 0) is 11.2 Å². The Balaban J connectivity index is 1.55. The SMILES string of the molecule is N#C[C@@H]1CC(F)(F)CN1C(=O)CNC(=O)c1csc(Cc2ccc(F)cc2)n1. The molecule has 3 rings (SSSR count). The molecule has 10 heteroatoms. The van der Waals surface area contributed by atoms with E-state index in [4.69, 9.17) is 5.26 Å². The summed E-state index contributed by atoms with van der Waals surface area (Å²) in [7, 11) is 0. The number of benzene rings is 1. The Bertz CT molecular complexity index is 924. The third-order valence-electron chi connectivity index (χ3n) is 4.19.